The molecule has 0 bridgehead atoms. The summed E-state index contributed by atoms with van der Waals surface area (Å²) in [4.78, 5) is 10.5. The van der Waals surface area contributed by atoms with E-state index in [9.17, 15) is 13.2 Å². The number of hydrogen-bond donors (Lipinski definition) is 0. The Labute approximate surface area is 163 Å². The summed E-state index contributed by atoms with van der Waals surface area (Å²) in [6, 6.07) is 3.04. The number of hydrogen-bond acceptors (Lipinski definition) is 5. The van der Waals surface area contributed by atoms with Gasteiger partial charge in [0.05, 0.1) is 29.5 Å². The zero-order chi connectivity index (χ0) is 20.3. The molecule has 0 amide bonds. The molecule has 0 spiro atoms. The molecule has 1 aromatic carbocycles. The molecule has 0 N–H and O–H groups in total. The lowest BCUT2D eigenvalue weighted by Crippen LogP contribution is -2.31. The lowest BCUT2D eigenvalue weighted by molar-refractivity contribution is -0.0202. The number of likely N-dealkylation sites (tertiary alicyclic amines) is 1. The van der Waals surface area contributed by atoms with Crippen LogP contribution in [0.2, 0.25) is 0 Å². The van der Waals surface area contributed by atoms with E-state index in [1.807, 2.05) is 0 Å². The topological polar surface area (TPSA) is 64.7 Å². The monoisotopic (exact) mass is 401 g/mol. The summed E-state index contributed by atoms with van der Waals surface area (Å²) in [7, 11) is 1.66. The second kappa shape index (κ2) is 6.24. The quantitative estimate of drug-likeness (QED) is 0.528. The van der Waals surface area contributed by atoms with Crippen LogP contribution < -0.4 is 0 Å². The number of rotatable bonds is 3. The summed E-state index contributed by atoms with van der Waals surface area (Å²) in [5, 5.41) is 8.43. The molecule has 29 heavy (non-hydrogen) atoms. The summed E-state index contributed by atoms with van der Waals surface area (Å²) < 4.78 is 47.0. The van der Waals surface area contributed by atoms with E-state index >= 15 is 0 Å². The van der Waals surface area contributed by atoms with Crippen molar-refractivity contribution in [2.45, 2.75) is 25.4 Å². The van der Waals surface area contributed by atoms with E-state index in [1.165, 1.54) is 12.1 Å². The summed E-state index contributed by atoms with van der Waals surface area (Å²) in [5.74, 6) is -3.01. The standard InChI is InChI=1S/C19H18F3N7/c1-11-7-28(26-25-11)9-17-24-15-6-23-14-4-3-12(20)5-13(14)18(15)29(17)16-8-27(2)10-19(16,21)22/h3-7,16H,8-10H2,1-2H3/t16-/m1/s1. The highest BCUT2D eigenvalue weighted by molar-refractivity contribution is 6.02. The zero-order valence-corrected chi connectivity index (χ0v) is 15.8. The largest absolute Gasteiger partial charge is 0.315 e. The Balaban J connectivity index is 1.79. The first-order valence-electron chi connectivity index (χ1n) is 9.20. The van der Waals surface area contributed by atoms with Crippen molar-refractivity contribution in [3.63, 3.8) is 0 Å². The third-order valence-corrected chi connectivity index (χ3v) is 5.27. The maximum Gasteiger partial charge on any atom is 0.282 e. The fourth-order valence-electron chi connectivity index (χ4n) is 4.09. The first kappa shape index (κ1) is 18.0. The molecular formula is C19H18F3N7. The molecule has 0 radical (unpaired) electrons. The van der Waals surface area contributed by atoms with Gasteiger partial charge < -0.3 is 4.57 Å². The number of nitrogens with zero attached hydrogens (tertiary/aromatic N) is 7. The number of halogens is 3. The molecule has 3 aromatic heterocycles. The molecule has 1 fully saturated rings. The number of benzene rings is 1. The molecule has 1 atom stereocenters. The van der Waals surface area contributed by atoms with Gasteiger partial charge >= 0.3 is 0 Å². The molecule has 0 aliphatic carbocycles. The molecule has 1 aliphatic heterocycles. The maximum absolute atomic E-state index is 14.9. The van der Waals surface area contributed by atoms with Crippen LogP contribution in [-0.4, -0.2) is 60.5 Å². The van der Waals surface area contributed by atoms with Gasteiger partial charge in [0.2, 0.25) is 0 Å². The van der Waals surface area contributed by atoms with Crippen LogP contribution in [0.5, 0.6) is 0 Å². The number of aryl methyl sites for hydroxylation is 1. The minimum atomic E-state index is -2.96. The van der Waals surface area contributed by atoms with Crippen LogP contribution >= 0.6 is 0 Å². The van der Waals surface area contributed by atoms with Gasteiger partial charge in [0, 0.05) is 18.1 Å². The van der Waals surface area contributed by atoms with Crippen molar-refractivity contribution < 1.29 is 13.2 Å². The van der Waals surface area contributed by atoms with Crippen LogP contribution in [0.25, 0.3) is 21.9 Å². The second-order valence-electron chi connectivity index (χ2n) is 7.58. The Kier molecular flexibility index (Phi) is 3.89. The van der Waals surface area contributed by atoms with Crippen LogP contribution in [0.15, 0.2) is 30.6 Å². The molecule has 4 aromatic rings. The first-order valence-corrected chi connectivity index (χ1v) is 9.20. The average molecular weight is 401 g/mol. The van der Waals surface area contributed by atoms with Gasteiger partial charge in [0.25, 0.3) is 5.92 Å². The molecule has 10 heteroatoms. The molecule has 7 nitrogen and oxygen atoms in total. The summed E-state index contributed by atoms with van der Waals surface area (Å²) >= 11 is 0. The van der Waals surface area contributed by atoms with E-state index in [0.717, 1.165) is 0 Å². The predicted molar refractivity (Wildman–Crippen MR) is 100 cm³/mol. The van der Waals surface area contributed by atoms with Crippen LogP contribution in [0, 0.1) is 12.7 Å². The van der Waals surface area contributed by atoms with E-state index in [1.54, 1.807) is 46.6 Å². The smallest absolute Gasteiger partial charge is 0.282 e. The van der Waals surface area contributed by atoms with Crippen molar-refractivity contribution >= 4 is 21.9 Å². The number of imidazole rings is 1. The summed E-state index contributed by atoms with van der Waals surface area (Å²) in [6.45, 7) is 1.77. The number of alkyl halides is 2. The minimum absolute atomic E-state index is 0.154. The zero-order valence-electron chi connectivity index (χ0n) is 15.8. The Hall–Kier alpha value is -3.01. The van der Waals surface area contributed by atoms with Crippen molar-refractivity contribution in [2.75, 3.05) is 20.1 Å². The normalized spacial score (nSPS) is 19.6. The van der Waals surface area contributed by atoms with Crippen LogP contribution in [-0.2, 0) is 6.54 Å². The van der Waals surface area contributed by atoms with Gasteiger partial charge in [0.15, 0.2) is 0 Å². The van der Waals surface area contributed by atoms with E-state index < -0.39 is 17.8 Å². The highest BCUT2D eigenvalue weighted by atomic mass is 19.3. The average Bonchev–Trinajstić information content (AvgIpc) is 3.29. The molecule has 0 saturated carbocycles. The molecule has 1 saturated heterocycles. The highest BCUT2D eigenvalue weighted by Crippen LogP contribution is 2.40. The molecule has 150 valence electrons. The van der Waals surface area contributed by atoms with Crippen molar-refractivity contribution in [3.05, 3.63) is 47.9 Å². The third-order valence-electron chi connectivity index (χ3n) is 5.27. The van der Waals surface area contributed by atoms with Gasteiger partial charge in [-0.2, -0.15) is 0 Å². The second-order valence-corrected chi connectivity index (χ2v) is 7.58. The Bertz CT molecular complexity index is 1230. The van der Waals surface area contributed by atoms with Crippen LogP contribution in [0.4, 0.5) is 13.2 Å². The van der Waals surface area contributed by atoms with Crippen molar-refractivity contribution in [3.8, 4) is 0 Å². The van der Waals surface area contributed by atoms with Crippen molar-refractivity contribution in [1.29, 1.82) is 0 Å². The molecule has 1 aliphatic rings. The van der Waals surface area contributed by atoms with Crippen molar-refractivity contribution in [2.24, 2.45) is 0 Å². The number of pyridine rings is 1. The third kappa shape index (κ3) is 2.94. The lowest BCUT2D eigenvalue weighted by Gasteiger charge is -2.22. The highest BCUT2D eigenvalue weighted by Gasteiger charge is 2.49. The fourth-order valence-corrected chi connectivity index (χ4v) is 4.09. The summed E-state index contributed by atoms with van der Waals surface area (Å²) in [5.41, 5.74) is 2.15. The van der Waals surface area contributed by atoms with E-state index in [2.05, 4.69) is 20.3 Å². The predicted octanol–water partition coefficient (Wildman–Crippen LogP) is 2.79. The van der Waals surface area contributed by atoms with Gasteiger partial charge in [-0.1, -0.05) is 5.21 Å². The van der Waals surface area contributed by atoms with E-state index in [0.29, 0.717) is 33.5 Å². The molecule has 5 rings (SSSR count). The van der Waals surface area contributed by atoms with Crippen molar-refractivity contribution in [1.82, 2.24) is 34.4 Å². The maximum atomic E-state index is 14.9. The van der Waals surface area contributed by atoms with Gasteiger partial charge in [-0.15, -0.1) is 5.10 Å². The lowest BCUT2D eigenvalue weighted by atomic mass is 10.1. The van der Waals surface area contributed by atoms with Gasteiger partial charge in [0.1, 0.15) is 29.7 Å². The van der Waals surface area contributed by atoms with Crippen LogP contribution in [0.1, 0.15) is 17.6 Å². The number of aromatic nitrogens is 6. The Morgan fingerprint density at radius 1 is 1.24 bits per heavy atom. The van der Waals surface area contributed by atoms with Gasteiger partial charge in [-0.25, -0.2) is 22.8 Å². The number of likely N-dealkylation sites (N-methyl/N-ethyl adjacent to an activating group) is 1. The molecular weight excluding hydrogens is 383 g/mol. The first-order chi connectivity index (χ1) is 13.8. The Morgan fingerprint density at radius 2 is 2.07 bits per heavy atom. The van der Waals surface area contributed by atoms with E-state index in [-0.39, 0.29) is 19.6 Å². The number of fused-ring (bicyclic) bond motifs is 3. The summed E-state index contributed by atoms with van der Waals surface area (Å²) in [6.07, 6.45) is 3.26. The van der Waals surface area contributed by atoms with E-state index in [4.69, 9.17) is 0 Å². The van der Waals surface area contributed by atoms with Crippen LogP contribution in [0.3, 0.4) is 0 Å². The van der Waals surface area contributed by atoms with Gasteiger partial charge in [-0.3, -0.25) is 9.88 Å². The van der Waals surface area contributed by atoms with Gasteiger partial charge in [-0.05, 0) is 32.2 Å². The fraction of sp³-hybridized carbons (Fsp3) is 0.368. The Morgan fingerprint density at radius 3 is 2.76 bits per heavy atom. The molecule has 4 heterocycles. The minimum Gasteiger partial charge on any atom is -0.315 e. The molecule has 0 unspecified atom stereocenters. The SMILES string of the molecule is Cc1cn(Cc2nc3cnc4ccc(F)cc4c3n2[C@@H]2CN(C)CC2(F)F)nn1.